The number of carbonyl (C=O) groups is 2. The van der Waals surface area contributed by atoms with E-state index in [1.54, 1.807) is 0 Å². The predicted octanol–water partition coefficient (Wildman–Crippen LogP) is 2.60. The van der Waals surface area contributed by atoms with Gasteiger partial charge in [0.2, 0.25) is 0 Å². The van der Waals surface area contributed by atoms with Crippen molar-refractivity contribution in [3.05, 3.63) is 12.2 Å². The van der Waals surface area contributed by atoms with Gasteiger partial charge in [-0.2, -0.15) is 0 Å². The van der Waals surface area contributed by atoms with Crippen molar-refractivity contribution in [1.29, 1.82) is 0 Å². The Morgan fingerprint density at radius 1 is 1.50 bits per heavy atom. The molecule has 3 aliphatic rings. The van der Waals surface area contributed by atoms with Crippen LogP contribution >= 0.6 is 0 Å². The highest BCUT2D eigenvalue weighted by Crippen LogP contribution is 2.58. The van der Waals surface area contributed by atoms with E-state index in [0.29, 0.717) is 12.2 Å². The van der Waals surface area contributed by atoms with Crippen LogP contribution in [0.4, 0.5) is 0 Å². The highest BCUT2D eigenvalue weighted by Gasteiger charge is 2.59. The van der Waals surface area contributed by atoms with Gasteiger partial charge in [0.05, 0.1) is 13.0 Å². The van der Waals surface area contributed by atoms with E-state index in [2.05, 4.69) is 6.58 Å². The molecule has 3 heteroatoms. The molecule has 3 aliphatic carbocycles. The first-order valence-electron chi connectivity index (χ1n) is 6.60. The fraction of sp³-hybridized carbons (Fsp3) is 0.733. The molecule has 0 aromatic heterocycles. The molecule has 0 aliphatic heterocycles. The van der Waals surface area contributed by atoms with E-state index in [-0.39, 0.29) is 29.6 Å². The van der Waals surface area contributed by atoms with Gasteiger partial charge in [-0.1, -0.05) is 26.0 Å². The zero-order valence-corrected chi connectivity index (χ0v) is 11.7. The standard InChI is InChI=1S/C15H22O3/c1-8(2)12-6-10-9(3)13(16)15(12,4)7-11(10)14(17)18-5/h9-12H,1,6-7H2,2-5H3/t9-,10?,11?,12?,15-/m0/s1. The van der Waals surface area contributed by atoms with Crippen LogP contribution in [0.25, 0.3) is 0 Å². The molecule has 2 bridgehead atoms. The Morgan fingerprint density at radius 2 is 2.11 bits per heavy atom. The third-order valence-electron chi connectivity index (χ3n) is 5.16. The normalized spacial score (nSPS) is 42.8. The molecule has 0 heterocycles. The summed E-state index contributed by atoms with van der Waals surface area (Å²) in [6.45, 7) is 9.96. The van der Waals surface area contributed by atoms with Crippen LogP contribution in [-0.4, -0.2) is 18.9 Å². The number of allylic oxidation sites excluding steroid dienone is 1. The molecule has 100 valence electrons. The lowest BCUT2D eigenvalue weighted by Gasteiger charge is -2.55. The van der Waals surface area contributed by atoms with Crippen LogP contribution in [0.3, 0.4) is 0 Å². The SMILES string of the molecule is C=C(C)C1CC2C(C(=O)OC)C[C@]1(C)C(=O)[C@H]2C. The van der Waals surface area contributed by atoms with Gasteiger partial charge >= 0.3 is 5.97 Å². The highest BCUT2D eigenvalue weighted by molar-refractivity contribution is 5.91. The van der Waals surface area contributed by atoms with Crippen molar-refractivity contribution in [2.24, 2.45) is 29.1 Å². The number of methoxy groups -OCH3 is 1. The van der Waals surface area contributed by atoms with Gasteiger partial charge in [-0.3, -0.25) is 9.59 Å². The second kappa shape index (κ2) is 4.22. The molecule has 3 nitrogen and oxygen atoms in total. The molecule has 0 aromatic carbocycles. The molecule has 0 radical (unpaired) electrons. The van der Waals surface area contributed by atoms with Crippen LogP contribution in [-0.2, 0) is 14.3 Å². The maximum absolute atomic E-state index is 12.5. The smallest absolute Gasteiger partial charge is 0.308 e. The largest absolute Gasteiger partial charge is 0.469 e. The van der Waals surface area contributed by atoms with E-state index < -0.39 is 5.41 Å². The molecule has 5 atom stereocenters. The first-order valence-corrected chi connectivity index (χ1v) is 6.60. The Kier molecular flexibility index (Phi) is 3.12. The summed E-state index contributed by atoms with van der Waals surface area (Å²) in [7, 11) is 1.43. The summed E-state index contributed by atoms with van der Waals surface area (Å²) in [6.07, 6.45) is 1.50. The van der Waals surface area contributed by atoms with Gasteiger partial charge in [0.1, 0.15) is 5.78 Å². The van der Waals surface area contributed by atoms with Crippen molar-refractivity contribution < 1.29 is 14.3 Å². The Labute approximate surface area is 109 Å². The molecule has 0 N–H and O–H groups in total. The van der Waals surface area contributed by atoms with Crippen molar-refractivity contribution in [1.82, 2.24) is 0 Å². The van der Waals surface area contributed by atoms with E-state index in [9.17, 15) is 9.59 Å². The van der Waals surface area contributed by atoms with E-state index in [1.165, 1.54) is 7.11 Å². The monoisotopic (exact) mass is 250 g/mol. The third kappa shape index (κ3) is 1.63. The molecular formula is C15H22O3. The zero-order valence-electron chi connectivity index (χ0n) is 11.7. The molecule has 0 aromatic rings. The average Bonchev–Trinajstić information content (AvgIpc) is 2.33. The van der Waals surface area contributed by atoms with Crippen LogP contribution in [0.15, 0.2) is 12.2 Å². The minimum Gasteiger partial charge on any atom is -0.469 e. The van der Waals surface area contributed by atoms with Gasteiger partial charge in [0.25, 0.3) is 0 Å². The van der Waals surface area contributed by atoms with Crippen molar-refractivity contribution in [3.8, 4) is 0 Å². The maximum atomic E-state index is 12.5. The number of fused-ring (bicyclic) bond motifs is 3. The molecule has 3 saturated carbocycles. The summed E-state index contributed by atoms with van der Waals surface area (Å²) in [4.78, 5) is 24.4. The van der Waals surface area contributed by atoms with Crippen LogP contribution < -0.4 is 0 Å². The van der Waals surface area contributed by atoms with Crippen LogP contribution in [0, 0.1) is 29.1 Å². The fourth-order valence-corrected chi connectivity index (χ4v) is 4.14. The summed E-state index contributed by atoms with van der Waals surface area (Å²) in [6, 6.07) is 0. The molecule has 3 fully saturated rings. The average molecular weight is 250 g/mol. The molecule has 3 rings (SSSR count). The summed E-state index contributed by atoms with van der Waals surface area (Å²) in [5, 5.41) is 0. The van der Waals surface area contributed by atoms with Crippen molar-refractivity contribution in [2.45, 2.75) is 33.6 Å². The van der Waals surface area contributed by atoms with E-state index >= 15 is 0 Å². The first kappa shape index (κ1) is 13.3. The number of carbonyl (C=O) groups excluding carboxylic acids is 2. The number of rotatable bonds is 2. The molecule has 18 heavy (non-hydrogen) atoms. The maximum Gasteiger partial charge on any atom is 0.308 e. The molecule has 0 amide bonds. The van der Waals surface area contributed by atoms with Crippen molar-refractivity contribution in [3.63, 3.8) is 0 Å². The molecular weight excluding hydrogens is 228 g/mol. The summed E-state index contributed by atoms with van der Waals surface area (Å²) in [5.41, 5.74) is 0.629. The van der Waals surface area contributed by atoms with Gasteiger partial charge in [-0.25, -0.2) is 0 Å². The zero-order chi connectivity index (χ0) is 13.7. The number of Topliss-reactive ketones (excluding diaryl/α,β-unsaturated/α-hetero) is 1. The van der Waals surface area contributed by atoms with Crippen molar-refractivity contribution >= 4 is 11.8 Å². The van der Waals surface area contributed by atoms with Gasteiger partial charge in [-0.05, 0) is 31.6 Å². The Hall–Kier alpha value is -1.12. The second-order valence-electron chi connectivity index (χ2n) is 6.20. The van der Waals surface area contributed by atoms with Gasteiger partial charge in [-0.15, -0.1) is 0 Å². The number of ether oxygens (including phenoxy) is 1. The summed E-state index contributed by atoms with van der Waals surface area (Å²) < 4.78 is 4.89. The summed E-state index contributed by atoms with van der Waals surface area (Å²) in [5.74, 6) is 0.310. The van der Waals surface area contributed by atoms with Crippen LogP contribution in [0.1, 0.15) is 33.6 Å². The van der Waals surface area contributed by atoms with Crippen LogP contribution in [0.2, 0.25) is 0 Å². The summed E-state index contributed by atoms with van der Waals surface area (Å²) >= 11 is 0. The molecule has 3 unspecified atom stereocenters. The van der Waals surface area contributed by atoms with Gasteiger partial charge in [0.15, 0.2) is 0 Å². The van der Waals surface area contributed by atoms with E-state index in [1.807, 2.05) is 20.8 Å². The van der Waals surface area contributed by atoms with Gasteiger partial charge < -0.3 is 4.74 Å². The Morgan fingerprint density at radius 3 is 2.61 bits per heavy atom. The third-order valence-corrected chi connectivity index (χ3v) is 5.16. The number of esters is 1. The lowest BCUT2D eigenvalue weighted by molar-refractivity contribution is -0.167. The number of ketones is 1. The highest BCUT2D eigenvalue weighted by atomic mass is 16.5. The molecule has 0 spiro atoms. The first-order chi connectivity index (χ1) is 8.32. The van der Waals surface area contributed by atoms with Crippen LogP contribution in [0.5, 0.6) is 0 Å². The Bertz CT molecular complexity index is 412. The van der Waals surface area contributed by atoms with Crippen molar-refractivity contribution in [2.75, 3.05) is 7.11 Å². The lowest BCUT2D eigenvalue weighted by Crippen LogP contribution is -2.57. The number of hydrogen-bond donors (Lipinski definition) is 0. The minimum atomic E-state index is -0.432. The molecule has 0 saturated heterocycles. The minimum absolute atomic E-state index is 0.0385. The number of hydrogen-bond acceptors (Lipinski definition) is 3. The predicted molar refractivity (Wildman–Crippen MR) is 68.8 cm³/mol. The quantitative estimate of drug-likeness (QED) is 0.559. The lowest BCUT2D eigenvalue weighted by atomic mass is 9.47. The van der Waals surface area contributed by atoms with Gasteiger partial charge in [0, 0.05) is 11.3 Å². The van der Waals surface area contributed by atoms with E-state index in [4.69, 9.17) is 4.74 Å². The fourth-order valence-electron chi connectivity index (χ4n) is 4.14. The second-order valence-corrected chi connectivity index (χ2v) is 6.20. The van der Waals surface area contributed by atoms with E-state index in [0.717, 1.165) is 12.0 Å². The topological polar surface area (TPSA) is 43.4 Å². The Balaban J connectivity index is 2.38.